The summed E-state index contributed by atoms with van der Waals surface area (Å²) in [5.41, 5.74) is 1.40. The second-order valence-electron chi connectivity index (χ2n) is 5.72. The predicted molar refractivity (Wildman–Crippen MR) is 76.6 cm³/mol. The largest absolute Gasteiger partial charge is 0.345 e. The van der Waals surface area contributed by atoms with Crippen molar-refractivity contribution in [2.24, 2.45) is 5.41 Å². The van der Waals surface area contributed by atoms with Gasteiger partial charge in [-0.2, -0.15) is 0 Å². The highest BCUT2D eigenvalue weighted by Gasteiger charge is 2.29. The molecule has 0 fully saturated rings. The summed E-state index contributed by atoms with van der Waals surface area (Å²) >= 11 is 0. The fourth-order valence-electron chi connectivity index (χ4n) is 2.30. The summed E-state index contributed by atoms with van der Waals surface area (Å²) in [5.74, 6) is 0.633. The van der Waals surface area contributed by atoms with E-state index in [1.165, 1.54) is 5.56 Å². The number of benzene rings is 1. The molecule has 0 bridgehead atoms. The first kappa shape index (κ1) is 14.7. The van der Waals surface area contributed by atoms with Crippen LogP contribution in [0.4, 0.5) is 0 Å². The first-order valence-corrected chi connectivity index (χ1v) is 6.67. The van der Waals surface area contributed by atoms with Crippen LogP contribution in [0.25, 0.3) is 0 Å². The van der Waals surface area contributed by atoms with E-state index in [4.69, 9.17) is 0 Å². The number of hydrogen-bond donors (Lipinski definition) is 0. The van der Waals surface area contributed by atoms with Gasteiger partial charge in [0, 0.05) is 20.0 Å². The van der Waals surface area contributed by atoms with Gasteiger partial charge in [-0.05, 0) is 16.9 Å². The van der Waals surface area contributed by atoms with Crippen LogP contribution in [0.5, 0.6) is 0 Å². The van der Waals surface area contributed by atoms with Crippen molar-refractivity contribution in [2.45, 2.75) is 40.0 Å². The molecule has 0 N–H and O–H groups in total. The lowest BCUT2D eigenvalue weighted by Crippen LogP contribution is -2.38. The standard InChI is InChI=1S/C16H25NO/c1-6-15(18)17(5)12-16(3,4)13(2)14-10-8-7-9-11-14/h7-11,13H,6,12H2,1-5H3. The average Bonchev–Trinajstić information content (AvgIpc) is 2.37. The Balaban J connectivity index is 2.77. The molecule has 0 saturated heterocycles. The fraction of sp³-hybridized carbons (Fsp3) is 0.562. The lowest BCUT2D eigenvalue weighted by molar-refractivity contribution is -0.130. The van der Waals surface area contributed by atoms with Crippen LogP contribution in [0.15, 0.2) is 30.3 Å². The van der Waals surface area contributed by atoms with Gasteiger partial charge in [0.25, 0.3) is 0 Å². The summed E-state index contributed by atoms with van der Waals surface area (Å²) in [6, 6.07) is 10.5. The second kappa shape index (κ2) is 6.03. The number of carbonyl (C=O) groups is 1. The van der Waals surface area contributed by atoms with Crippen molar-refractivity contribution in [1.29, 1.82) is 0 Å². The second-order valence-corrected chi connectivity index (χ2v) is 5.72. The van der Waals surface area contributed by atoms with Gasteiger partial charge in [-0.15, -0.1) is 0 Å². The van der Waals surface area contributed by atoms with E-state index < -0.39 is 0 Å². The topological polar surface area (TPSA) is 20.3 Å². The molecule has 2 nitrogen and oxygen atoms in total. The summed E-state index contributed by atoms with van der Waals surface area (Å²) in [7, 11) is 1.89. The minimum absolute atomic E-state index is 0.0704. The molecule has 1 rings (SSSR count). The molecule has 0 radical (unpaired) electrons. The van der Waals surface area contributed by atoms with Gasteiger partial charge >= 0.3 is 0 Å². The molecule has 0 aliphatic heterocycles. The highest BCUT2D eigenvalue weighted by Crippen LogP contribution is 2.35. The molecule has 0 saturated carbocycles. The highest BCUT2D eigenvalue weighted by atomic mass is 16.2. The first-order valence-electron chi connectivity index (χ1n) is 6.67. The zero-order valence-corrected chi connectivity index (χ0v) is 12.2. The van der Waals surface area contributed by atoms with Gasteiger partial charge in [0.1, 0.15) is 0 Å². The minimum Gasteiger partial charge on any atom is -0.345 e. The van der Waals surface area contributed by atoms with Crippen molar-refractivity contribution in [2.75, 3.05) is 13.6 Å². The zero-order valence-electron chi connectivity index (χ0n) is 12.2. The van der Waals surface area contributed by atoms with Gasteiger partial charge in [0.15, 0.2) is 0 Å². The van der Waals surface area contributed by atoms with E-state index in [1.807, 2.05) is 24.9 Å². The van der Waals surface area contributed by atoms with E-state index in [9.17, 15) is 4.79 Å². The van der Waals surface area contributed by atoms with Crippen LogP contribution >= 0.6 is 0 Å². The number of nitrogens with zero attached hydrogens (tertiary/aromatic N) is 1. The third-order valence-electron chi connectivity index (χ3n) is 3.84. The average molecular weight is 247 g/mol. The molecule has 0 aliphatic rings. The molecule has 100 valence electrons. The highest BCUT2D eigenvalue weighted by molar-refractivity contribution is 5.75. The first-order chi connectivity index (χ1) is 8.38. The maximum Gasteiger partial charge on any atom is 0.222 e. The van der Waals surface area contributed by atoms with Crippen LogP contribution in [0.1, 0.15) is 45.6 Å². The Morgan fingerprint density at radius 3 is 2.33 bits per heavy atom. The van der Waals surface area contributed by atoms with Crippen LogP contribution in [-0.2, 0) is 4.79 Å². The fourth-order valence-corrected chi connectivity index (χ4v) is 2.30. The lowest BCUT2D eigenvalue weighted by Gasteiger charge is -2.36. The molecule has 0 aliphatic carbocycles. The SMILES string of the molecule is CCC(=O)N(C)CC(C)(C)C(C)c1ccccc1. The maximum atomic E-state index is 11.7. The molecule has 1 aromatic carbocycles. The summed E-state index contributed by atoms with van der Waals surface area (Å²) in [5, 5.41) is 0. The Morgan fingerprint density at radius 2 is 1.83 bits per heavy atom. The smallest absolute Gasteiger partial charge is 0.222 e. The molecule has 1 atom stereocenters. The molecule has 0 aromatic heterocycles. The van der Waals surface area contributed by atoms with Gasteiger partial charge in [-0.3, -0.25) is 4.79 Å². The van der Waals surface area contributed by atoms with Gasteiger partial charge in [-0.25, -0.2) is 0 Å². The van der Waals surface area contributed by atoms with Crippen molar-refractivity contribution in [3.63, 3.8) is 0 Å². The normalized spacial score (nSPS) is 13.2. The predicted octanol–water partition coefficient (Wildman–Crippen LogP) is 3.68. The monoisotopic (exact) mass is 247 g/mol. The molecule has 2 heteroatoms. The summed E-state index contributed by atoms with van der Waals surface area (Å²) in [6.45, 7) is 9.38. The van der Waals surface area contributed by atoms with Crippen molar-refractivity contribution >= 4 is 5.91 Å². The minimum atomic E-state index is 0.0704. The van der Waals surface area contributed by atoms with Crippen molar-refractivity contribution in [3.8, 4) is 0 Å². The zero-order chi connectivity index (χ0) is 13.8. The Morgan fingerprint density at radius 1 is 1.28 bits per heavy atom. The van der Waals surface area contributed by atoms with E-state index >= 15 is 0 Å². The van der Waals surface area contributed by atoms with Gasteiger partial charge in [0.2, 0.25) is 5.91 Å². The quantitative estimate of drug-likeness (QED) is 0.777. The third-order valence-corrected chi connectivity index (χ3v) is 3.84. The Kier molecular flexibility index (Phi) is 4.94. The molecule has 0 spiro atoms. The molecule has 1 unspecified atom stereocenters. The third kappa shape index (κ3) is 3.59. The van der Waals surface area contributed by atoms with Crippen molar-refractivity contribution < 1.29 is 4.79 Å². The van der Waals surface area contributed by atoms with Gasteiger partial charge in [-0.1, -0.05) is 58.0 Å². The Bertz CT molecular complexity index is 383. The molecule has 18 heavy (non-hydrogen) atoms. The van der Waals surface area contributed by atoms with Crippen molar-refractivity contribution in [3.05, 3.63) is 35.9 Å². The molecule has 0 heterocycles. The maximum absolute atomic E-state index is 11.7. The van der Waals surface area contributed by atoms with Crippen LogP contribution in [0.3, 0.4) is 0 Å². The summed E-state index contributed by atoms with van der Waals surface area (Å²) < 4.78 is 0. The van der Waals surface area contributed by atoms with E-state index in [-0.39, 0.29) is 11.3 Å². The van der Waals surface area contributed by atoms with Crippen LogP contribution in [-0.4, -0.2) is 24.4 Å². The summed E-state index contributed by atoms with van der Waals surface area (Å²) in [4.78, 5) is 13.5. The number of carbonyl (C=O) groups excluding carboxylic acids is 1. The number of hydrogen-bond acceptors (Lipinski definition) is 1. The van der Waals surface area contributed by atoms with E-state index in [1.54, 1.807) is 0 Å². The molecular formula is C16H25NO. The molecule has 1 amide bonds. The van der Waals surface area contributed by atoms with Gasteiger partial charge < -0.3 is 4.90 Å². The van der Waals surface area contributed by atoms with E-state index in [2.05, 4.69) is 45.0 Å². The van der Waals surface area contributed by atoms with Crippen LogP contribution < -0.4 is 0 Å². The Labute approximate surface area is 111 Å². The summed E-state index contributed by atoms with van der Waals surface area (Å²) in [6.07, 6.45) is 0.576. The van der Waals surface area contributed by atoms with Crippen LogP contribution in [0, 0.1) is 5.41 Å². The Hall–Kier alpha value is -1.31. The van der Waals surface area contributed by atoms with Crippen LogP contribution in [0.2, 0.25) is 0 Å². The lowest BCUT2D eigenvalue weighted by atomic mass is 9.75. The molecule has 1 aromatic rings. The number of amides is 1. The van der Waals surface area contributed by atoms with E-state index in [0.29, 0.717) is 12.3 Å². The van der Waals surface area contributed by atoms with Crippen molar-refractivity contribution in [1.82, 2.24) is 4.90 Å². The number of rotatable bonds is 5. The van der Waals surface area contributed by atoms with E-state index in [0.717, 1.165) is 6.54 Å². The van der Waals surface area contributed by atoms with Gasteiger partial charge in [0.05, 0.1) is 0 Å². The molecular weight excluding hydrogens is 222 g/mol.